The highest BCUT2D eigenvalue weighted by molar-refractivity contribution is 7.80. The van der Waals surface area contributed by atoms with Crippen LogP contribution >= 0.6 is 23.8 Å². The number of piperidine rings is 1. The van der Waals surface area contributed by atoms with E-state index in [0.29, 0.717) is 11.7 Å². The van der Waals surface area contributed by atoms with Crippen LogP contribution in [0.5, 0.6) is 0 Å². The van der Waals surface area contributed by atoms with E-state index in [-0.39, 0.29) is 12.1 Å². The van der Waals surface area contributed by atoms with Crippen molar-refractivity contribution in [1.82, 2.24) is 19.9 Å². The van der Waals surface area contributed by atoms with Crippen LogP contribution in [0, 0.1) is 5.92 Å². The van der Waals surface area contributed by atoms with Crippen molar-refractivity contribution < 1.29 is 0 Å². The minimum absolute atomic E-state index is 0.117. The van der Waals surface area contributed by atoms with E-state index in [2.05, 4.69) is 80.3 Å². The molecule has 6 nitrogen and oxygen atoms in total. The molecule has 2 atom stereocenters. The van der Waals surface area contributed by atoms with Crippen LogP contribution in [0.1, 0.15) is 48.9 Å². The lowest BCUT2D eigenvalue weighted by Crippen LogP contribution is -2.33. The summed E-state index contributed by atoms with van der Waals surface area (Å²) in [5.74, 6) is 0.768. The number of hydrogen-bond donors (Lipinski definition) is 1. The Hall–Kier alpha value is -3.42. The third kappa shape index (κ3) is 4.88. The highest BCUT2D eigenvalue weighted by Crippen LogP contribution is 2.43. The van der Waals surface area contributed by atoms with Gasteiger partial charge in [-0.2, -0.15) is 0 Å². The molecule has 0 unspecified atom stereocenters. The highest BCUT2D eigenvalue weighted by Gasteiger charge is 2.42. The Morgan fingerprint density at radius 2 is 1.76 bits per heavy atom. The molecule has 6 rings (SSSR count). The molecule has 38 heavy (non-hydrogen) atoms. The van der Waals surface area contributed by atoms with Crippen molar-refractivity contribution in [2.75, 3.05) is 22.9 Å². The standard InChI is InChI=1S/C30H31ClN6S/c1-21-12-17-35(18-13-21)26-11-10-23(19-24(26)31)37-29(28(34-30(37)38)25-8-3-5-15-33-25)27-9-6-16-36(27)20-22-7-2-4-14-32-22/h2-11,14-16,19,21,28-29H,12-13,17-18,20H2,1H3,(H,34,38)/t28-,29+/m0/s1. The molecule has 0 amide bonds. The van der Waals surface area contributed by atoms with E-state index in [1.807, 2.05) is 36.7 Å². The third-order valence-corrected chi connectivity index (χ3v) is 8.28. The van der Waals surface area contributed by atoms with Gasteiger partial charge in [-0.1, -0.05) is 30.7 Å². The summed E-state index contributed by atoms with van der Waals surface area (Å²) in [5, 5.41) is 4.98. The molecule has 0 spiro atoms. The number of pyridine rings is 2. The molecule has 3 aromatic heterocycles. The molecule has 0 aliphatic carbocycles. The summed E-state index contributed by atoms with van der Waals surface area (Å²) < 4.78 is 2.25. The second-order valence-corrected chi connectivity index (χ2v) is 11.0. The number of benzene rings is 1. The first-order chi connectivity index (χ1) is 18.6. The van der Waals surface area contributed by atoms with Gasteiger partial charge in [0.25, 0.3) is 0 Å². The SMILES string of the molecule is CC1CCN(c2ccc(N3C(=S)N[C@@H](c4ccccn4)[C@H]3c3cccn3Cc3ccccn3)cc2Cl)CC1. The number of nitrogens with one attached hydrogen (secondary N) is 1. The molecule has 0 radical (unpaired) electrons. The molecule has 2 aliphatic heterocycles. The van der Waals surface area contributed by atoms with E-state index >= 15 is 0 Å². The van der Waals surface area contributed by atoms with Crippen molar-refractivity contribution in [1.29, 1.82) is 0 Å². The van der Waals surface area contributed by atoms with Gasteiger partial charge in [-0.3, -0.25) is 9.97 Å². The maximum Gasteiger partial charge on any atom is 0.174 e. The summed E-state index contributed by atoms with van der Waals surface area (Å²) in [6.07, 6.45) is 8.16. The monoisotopic (exact) mass is 542 g/mol. The smallest absolute Gasteiger partial charge is 0.174 e. The molecule has 2 saturated heterocycles. The van der Waals surface area contributed by atoms with Crippen LogP contribution in [-0.4, -0.2) is 32.7 Å². The Kier molecular flexibility index (Phi) is 7.04. The zero-order valence-electron chi connectivity index (χ0n) is 21.4. The number of hydrogen-bond acceptors (Lipinski definition) is 4. The fourth-order valence-electron chi connectivity index (χ4n) is 5.59. The van der Waals surface area contributed by atoms with Crippen LogP contribution in [0.25, 0.3) is 0 Å². The maximum atomic E-state index is 6.93. The van der Waals surface area contributed by atoms with Gasteiger partial charge in [0, 0.05) is 43.1 Å². The molecule has 2 fully saturated rings. The van der Waals surface area contributed by atoms with Gasteiger partial charge in [-0.25, -0.2) is 0 Å². The van der Waals surface area contributed by atoms with Crippen LogP contribution in [0.2, 0.25) is 5.02 Å². The predicted octanol–water partition coefficient (Wildman–Crippen LogP) is 6.39. The van der Waals surface area contributed by atoms with Crippen molar-refractivity contribution >= 4 is 40.3 Å². The third-order valence-electron chi connectivity index (χ3n) is 7.66. The molecule has 4 aromatic rings. The van der Waals surface area contributed by atoms with Crippen LogP contribution in [0.15, 0.2) is 85.3 Å². The molecule has 194 valence electrons. The number of nitrogens with zero attached hydrogens (tertiary/aromatic N) is 5. The van der Waals surface area contributed by atoms with E-state index in [0.717, 1.165) is 52.5 Å². The molecular weight excluding hydrogens is 512 g/mol. The molecular formula is C30H31ClN6S. The molecule has 8 heteroatoms. The molecule has 5 heterocycles. The highest BCUT2D eigenvalue weighted by atomic mass is 35.5. The minimum Gasteiger partial charge on any atom is -0.370 e. The summed E-state index contributed by atoms with van der Waals surface area (Å²) in [5.41, 5.74) is 5.14. The first-order valence-corrected chi connectivity index (χ1v) is 14.0. The minimum atomic E-state index is -0.122. The second kappa shape index (κ2) is 10.8. The Morgan fingerprint density at radius 1 is 0.974 bits per heavy atom. The van der Waals surface area contributed by atoms with Gasteiger partial charge in [0.2, 0.25) is 0 Å². The Morgan fingerprint density at radius 3 is 2.47 bits per heavy atom. The van der Waals surface area contributed by atoms with Crippen LogP contribution < -0.4 is 15.1 Å². The van der Waals surface area contributed by atoms with Crippen molar-refractivity contribution in [2.24, 2.45) is 5.92 Å². The van der Waals surface area contributed by atoms with E-state index in [4.69, 9.17) is 28.8 Å². The largest absolute Gasteiger partial charge is 0.370 e. The molecule has 0 saturated carbocycles. The summed E-state index contributed by atoms with van der Waals surface area (Å²) in [4.78, 5) is 13.8. The number of rotatable bonds is 6. The van der Waals surface area contributed by atoms with Gasteiger partial charge in [-0.05, 0) is 85.6 Å². The maximum absolute atomic E-state index is 6.93. The quantitative estimate of drug-likeness (QED) is 0.285. The van der Waals surface area contributed by atoms with Crippen LogP contribution in [0.4, 0.5) is 11.4 Å². The van der Waals surface area contributed by atoms with Gasteiger partial charge < -0.3 is 19.7 Å². The number of halogens is 1. The van der Waals surface area contributed by atoms with E-state index in [9.17, 15) is 0 Å². The second-order valence-electron chi connectivity index (χ2n) is 10.2. The van der Waals surface area contributed by atoms with Crippen LogP contribution in [0.3, 0.4) is 0 Å². The summed E-state index contributed by atoms with van der Waals surface area (Å²) in [6.45, 7) is 5.07. The summed E-state index contributed by atoms with van der Waals surface area (Å²) in [7, 11) is 0. The van der Waals surface area contributed by atoms with Crippen molar-refractivity contribution in [3.63, 3.8) is 0 Å². The van der Waals surface area contributed by atoms with Gasteiger partial charge in [0.05, 0.1) is 34.7 Å². The zero-order chi connectivity index (χ0) is 26.1. The number of thiocarbonyl (C=S) groups is 1. The topological polar surface area (TPSA) is 49.2 Å². The Labute approximate surface area is 234 Å². The average Bonchev–Trinajstić information content (AvgIpc) is 3.53. The molecule has 0 bridgehead atoms. The lowest BCUT2D eigenvalue weighted by Gasteiger charge is -2.33. The van der Waals surface area contributed by atoms with Gasteiger partial charge in [-0.15, -0.1) is 0 Å². The van der Waals surface area contributed by atoms with Gasteiger partial charge >= 0.3 is 0 Å². The number of anilines is 2. The van der Waals surface area contributed by atoms with Gasteiger partial charge in [0.1, 0.15) is 6.04 Å². The number of aromatic nitrogens is 3. The van der Waals surface area contributed by atoms with Crippen molar-refractivity contribution in [3.05, 3.63) is 107 Å². The predicted molar refractivity (Wildman–Crippen MR) is 158 cm³/mol. The van der Waals surface area contributed by atoms with Crippen molar-refractivity contribution in [3.8, 4) is 0 Å². The average molecular weight is 543 g/mol. The zero-order valence-corrected chi connectivity index (χ0v) is 22.9. The molecule has 2 aliphatic rings. The first-order valence-electron chi connectivity index (χ1n) is 13.2. The molecule has 1 N–H and O–H groups in total. The van der Waals surface area contributed by atoms with Crippen LogP contribution in [-0.2, 0) is 6.54 Å². The Bertz CT molecular complexity index is 1400. The Balaban J connectivity index is 1.38. The van der Waals surface area contributed by atoms with E-state index < -0.39 is 0 Å². The lowest BCUT2D eigenvalue weighted by atomic mass is 9.98. The lowest BCUT2D eigenvalue weighted by molar-refractivity contribution is 0.438. The summed E-state index contributed by atoms with van der Waals surface area (Å²) >= 11 is 12.9. The summed E-state index contributed by atoms with van der Waals surface area (Å²) in [6, 6.07) is 22.4. The van der Waals surface area contributed by atoms with E-state index in [1.54, 1.807) is 0 Å². The van der Waals surface area contributed by atoms with E-state index in [1.165, 1.54) is 12.8 Å². The first kappa shape index (κ1) is 24.9. The molecule has 1 aromatic carbocycles. The normalized spacial score (nSPS) is 20.1. The fraction of sp³-hybridized carbons (Fsp3) is 0.300. The fourth-order valence-corrected chi connectivity index (χ4v) is 6.23. The van der Waals surface area contributed by atoms with Crippen molar-refractivity contribution in [2.45, 2.75) is 38.4 Å². The van der Waals surface area contributed by atoms with Gasteiger partial charge in [0.15, 0.2) is 5.11 Å².